The summed E-state index contributed by atoms with van der Waals surface area (Å²) in [7, 11) is 0. The predicted molar refractivity (Wildman–Crippen MR) is 112 cm³/mol. The second kappa shape index (κ2) is 9.24. The molecule has 6 nitrogen and oxygen atoms in total. The van der Waals surface area contributed by atoms with Crippen LogP contribution in [0.5, 0.6) is 5.75 Å². The van der Waals surface area contributed by atoms with Crippen LogP contribution >= 0.6 is 0 Å². The lowest BCUT2D eigenvalue weighted by molar-refractivity contribution is -0.126. The van der Waals surface area contributed by atoms with E-state index >= 15 is 0 Å². The summed E-state index contributed by atoms with van der Waals surface area (Å²) in [6, 6.07) is 9.62. The second-order valence-electron chi connectivity index (χ2n) is 7.17. The van der Waals surface area contributed by atoms with Crippen LogP contribution in [-0.4, -0.2) is 36.5 Å². The van der Waals surface area contributed by atoms with E-state index in [2.05, 4.69) is 22.1 Å². The number of aromatic nitrogens is 1. The molecule has 2 heterocycles. The maximum atomic E-state index is 12.4. The highest BCUT2D eigenvalue weighted by atomic mass is 16.5. The maximum absolute atomic E-state index is 12.4. The lowest BCUT2D eigenvalue weighted by atomic mass is 10.1. The molecule has 1 unspecified atom stereocenters. The Labute approximate surface area is 171 Å². The summed E-state index contributed by atoms with van der Waals surface area (Å²) in [5.41, 5.74) is 4.07. The van der Waals surface area contributed by atoms with Gasteiger partial charge in [0.15, 0.2) is 0 Å². The van der Waals surface area contributed by atoms with Crippen molar-refractivity contribution in [1.82, 2.24) is 10.3 Å². The molecule has 1 fully saturated rings. The van der Waals surface area contributed by atoms with Gasteiger partial charge in [-0.25, -0.2) is 0 Å². The fourth-order valence-electron chi connectivity index (χ4n) is 3.07. The molecule has 6 heteroatoms. The normalized spacial score (nSPS) is 15.6. The Kier molecular flexibility index (Phi) is 6.50. The number of hydrogen-bond donors (Lipinski definition) is 1. The summed E-state index contributed by atoms with van der Waals surface area (Å²) < 4.78 is 5.46. The first kappa shape index (κ1) is 20.4. The Balaban J connectivity index is 1.45. The monoisotopic (exact) mass is 391 g/mol. The van der Waals surface area contributed by atoms with E-state index in [-0.39, 0.29) is 37.3 Å². The zero-order valence-electron chi connectivity index (χ0n) is 17.0. The summed E-state index contributed by atoms with van der Waals surface area (Å²) in [6.45, 7) is 6.80. The molecule has 1 N–H and O–H groups in total. The standard InChI is InChI=1S/C23H25N3O3/c1-16-6-8-20(12-17(16)2)26-15-19(13-22(26)27)23(28)24-10-4-5-11-29-21-9-7-18(3)25-14-21/h6-9,12,14,19H,10-11,13,15H2,1-3H3,(H,24,28). The van der Waals surface area contributed by atoms with E-state index in [9.17, 15) is 9.59 Å². The SMILES string of the molecule is Cc1ccc(OCC#CCNC(=O)C2CC(=O)N(c3ccc(C)c(C)c3)C2)cn1. The number of aryl methyl sites for hydroxylation is 3. The molecule has 0 saturated carbocycles. The summed E-state index contributed by atoms with van der Waals surface area (Å²) >= 11 is 0. The van der Waals surface area contributed by atoms with Gasteiger partial charge in [0.05, 0.1) is 18.7 Å². The Morgan fingerprint density at radius 1 is 1.21 bits per heavy atom. The lowest BCUT2D eigenvalue weighted by Crippen LogP contribution is -2.33. The fourth-order valence-corrected chi connectivity index (χ4v) is 3.07. The minimum atomic E-state index is -0.360. The lowest BCUT2D eigenvalue weighted by Gasteiger charge is -2.17. The number of ether oxygens (including phenoxy) is 1. The molecule has 2 aromatic rings. The quantitative estimate of drug-likeness (QED) is 0.796. The molecule has 0 aliphatic carbocycles. The van der Waals surface area contributed by atoms with E-state index in [1.54, 1.807) is 11.1 Å². The van der Waals surface area contributed by atoms with Gasteiger partial charge in [-0.1, -0.05) is 17.9 Å². The molecule has 1 aliphatic rings. The molecule has 0 radical (unpaired) electrons. The van der Waals surface area contributed by atoms with Gasteiger partial charge in [-0.15, -0.1) is 0 Å². The van der Waals surface area contributed by atoms with Crippen LogP contribution in [0.1, 0.15) is 23.2 Å². The molecule has 1 aromatic heterocycles. The zero-order chi connectivity index (χ0) is 20.8. The third-order valence-electron chi connectivity index (χ3n) is 4.97. The number of nitrogens with one attached hydrogen (secondary N) is 1. The summed E-state index contributed by atoms with van der Waals surface area (Å²) in [5.74, 6) is 5.84. The molecule has 150 valence electrons. The van der Waals surface area contributed by atoms with E-state index in [4.69, 9.17) is 4.74 Å². The highest BCUT2D eigenvalue weighted by molar-refractivity contribution is 6.00. The largest absolute Gasteiger partial charge is 0.479 e. The summed E-state index contributed by atoms with van der Waals surface area (Å²) in [4.78, 5) is 30.6. The molecule has 0 spiro atoms. The van der Waals surface area contributed by atoms with E-state index in [0.717, 1.165) is 16.9 Å². The molecular formula is C23H25N3O3. The second-order valence-corrected chi connectivity index (χ2v) is 7.17. The van der Waals surface area contributed by atoms with Crippen molar-refractivity contribution in [2.75, 3.05) is 24.6 Å². The van der Waals surface area contributed by atoms with E-state index in [0.29, 0.717) is 12.3 Å². The van der Waals surface area contributed by atoms with Crippen LogP contribution in [0, 0.1) is 38.5 Å². The van der Waals surface area contributed by atoms with Crippen molar-refractivity contribution in [3.8, 4) is 17.6 Å². The molecule has 1 atom stereocenters. The van der Waals surface area contributed by atoms with Gasteiger partial charge in [-0.05, 0) is 56.2 Å². The van der Waals surface area contributed by atoms with Crippen LogP contribution in [0.25, 0.3) is 0 Å². The number of carbonyl (C=O) groups excluding carboxylic acids is 2. The number of amides is 2. The van der Waals surface area contributed by atoms with Gasteiger partial charge in [-0.2, -0.15) is 0 Å². The van der Waals surface area contributed by atoms with Gasteiger partial charge >= 0.3 is 0 Å². The first-order valence-corrected chi connectivity index (χ1v) is 9.60. The molecule has 1 saturated heterocycles. The minimum Gasteiger partial charge on any atom is -0.479 e. The summed E-state index contributed by atoms with van der Waals surface area (Å²) in [5, 5.41) is 2.78. The highest BCUT2D eigenvalue weighted by Gasteiger charge is 2.34. The molecule has 1 aromatic carbocycles. The van der Waals surface area contributed by atoms with Crippen molar-refractivity contribution in [3.63, 3.8) is 0 Å². The number of benzene rings is 1. The van der Waals surface area contributed by atoms with Crippen molar-refractivity contribution >= 4 is 17.5 Å². The maximum Gasteiger partial charge on any atom is 0.227 e. The zero-order valence-corrected chi connectivity index (χ0v) is 17.0. The molecule has 29 heavy (non-hydrogen) atoms. The van der Waals surface area contributed by atoms with Gasteiger partial charge in [0, 0.05) is 24.3 Å². The van der Waals surface area contributed by atoms with Crippen molar-refractivity contribution in [2.45, 2.75) is 27.2 Å². The van der Waals surface area contributed by atoms with E-state index < -0.39 is 0 Å². The van der Waals surface area contributed by atoms with Gasteiger partial charge in [0.1, 0.15) is 12.4 Å². The third-order valence-corrected chi connectivity index (χ3v) is 4.97. The Morgan fingerprint density at radius 2 is 2.03 bits per heavy atom. The smallest absolute Gasteiger partial charge is 0.227 e. The Bertz CT molecular complexity index is 958. The van der Waals surface area contributed by atoms with Gasteiger partial charge in [0.2, 0.25) is 11.8 Å². The van der Waals surface area contributed by atoms with Crippen LogP contribution < -0.4 is 15.0 Å². The van der Waals surface area contributed by atoms with Crippen molar-refractivity contribution in [2.24, 2.45) is 5.92 Å². The van der Waals surface area contributed by atoms with Crippen LogP contribution in [0.4, 0.5) is 5.69 Å². The topological polar surface area (TPSA) is 71.5 Å². The average molecular weight is 391 g/mol. The Hall–Kier alpha value is -3.33. The summed E-state index contributed by atoms with van der Waals surface area (Å²) in [6.07, 6.45) is 1.87. The first-order chi connectivity index (χ1) is 13.9. The molecule has 0 bridgehead atoms. The number of pyridine rings is 1. The third kappa shape index (κ3) is 5.35. The molecule has 3 rings (SSSR count). The minimum absolute atomic E-state index is 0.0282. The highest BCUT2D eigenvalue weighted by Crippen LogP contribution is 2.26. The molecule has 2 amide bonds. The number of hydrogen-bond acceptors (Lipinski definition) is 4. The predicted octanol–water partition coefficient (Wildman–Crippen LogP) is 2.56. The molecule has 1 aliphatic heterocycles. The fraction of sp³-hybridized carbons (Fsp3) is 0.348. The van der Waals surface area contributed by atoms with Crippen LogP contribution in [-0.2, 0) is 9.59 Å². The van der Waals surface area contributed by atoms with Crippen LogP contribution in [0.2, 0.25) is 0 Å². The number of carbonyl (C=O) groups is 2. The van der Waals surface area contributed by atoms with Crippen LogP contribution in [0.15, 0.2) is 36.5 Å². The van der Waals surface area contributed by atoms with Crippen LogP contribution in [0.3, 0.4) is 0 Å². The van der Waals surface area contributed by atoms with E-state index in [1.807, 2.05) is 51.1 Å². The average Bonchev–Trinajstić information content (AvgIpc) is 3.10. The Morgan fingerprint density at radius 3 is 2.76 bits per heavy atom. The van der Waals surface area contributed by atoms with Crippen molar-refractivity contribution in [3.05, 3.63) is 53.3 Å². The molecular weight excluding hydrogens is 366 g/mol. The van der Waals surface area contributed by atoms with Gasteiger partial charge in [-0.3, -0.25) is 14.6 Å². The number of nitrogens with zero attached hydrogens (tertiary/aromatic N) is 2. The van der Waals surface area contributed by atoms with Crippen molar-refractivity contribution in [1.29, 1.82) is 0 Å². The number of rotatable bonds is 5. The van der Waals surface area contributed by atoms with Gasteiger partial charge < -0.3 is 15.0 Å². The van der Waals surface area contributed by atoms with Gasteiger partial charge in [0.25, 0.3) is 0 Å². The van der Waals surface area contributed by atoms with E-state index in [1.165, 1.54) is 5.56 Å². The first-order valence-electron chi connectivity index (χ1n) is 9.60. The van der Waals surface area contributed by atoms with Crippen molar-refractivity contribution < 1.29 is 14.3 Å². The number of anilines is 1.